The van der Waals surface area contributed by atoms with Gasteiger partial charge in [-0.1, -0.05) is 19.3 Å². The first kappa shape index (κ1) is 49.5. The molecule has 6 rings (SSSR count). The number of nitriles is 2. The van der Waals surface area contributed by atoms with Gasteiger partial charge in [-0.3, -0.25) is 9.03 Å². The Labute approximate surface area is 383 Å². The molecule has 6 aromatic rings. The SMILES string of the molecule is C.CCn1c(C#Cc2ccc(N(C)S(=O)(=O)CC)cc2)c(C#N)c2ccc(OC)cc21.CCn1c(C#Cc2ccc(NS(=O)(=O)CC)cc2)c(C#N)c2ccc(OC)cc21.[H-].[Na+]. The van der Waals surface area contributed by atoms with Crippen LogP contribution in [0, 0.1) is 46.3 Å². The van der Waals surface area contributed by atoms with Crippen molar-refractivity contribution < 1.29 is 57.3 Å². The van der Waals surface area contributed by atoms with E-state index in [4.69, 9.17) is 9.47 Å². The third-order valence-electron chi connectivity index (χ3n) is 9.60. The number of rotatable bonds is 10. The van der Waals surface area contributed by atoms with E-state index in [2.05, 4.69) is 40.5 Å². The van der Waals surface area contributed by atoms with E-state index in [1.165, 1.54) is 11.4 Å². The Hall–Kier alpha value is -5.84. The Morgan fingerprint density at radius 1 is 0.656 bits per heavy atom. The molecule has 0 atom stereocenters. The van der Waals surface area contributed by atoms with E-state index in [9.17, 15) is 27.4 Å². The standard InChI is InChI=1S/C23H23N3O3S.C22H21N3O3S.CH4.Na.H/c1-5-26-22(21(16-24)20-13-12-19(29-4)15-23(20)26)14-9-17-7-10-18(11-8-17)25(3)30(27,28)6-2;1-4-25-21(20(15-23)19-12-11-18(28-3)14-22(19)25)13-8-16-6-9-17(10-7-16)24-29(26,27)5-2;;;/h7-8,10-13,15H,5-6H2,1-4H3;6-7,9-12,14,24H,4-5H2,1-3H3;1H4;;/q;;;+1;-1. The summed E-state index contributed by atoms with van der Waals surface area (Å²) in [5.74, 6) is 13.9. The number of benzene rings is 4. The molecule has 0 aliphatic rings. The summed E-state index contributed by atoms with van der Waals surface area (Å²) in [7, 11) is -1.87. The van der Waals surface area contributed by atoms with Gasteiger partial charge < -0.3 is 20.0 Å². The van der Waals surface area contributed by atoms with E-state index in [0.717, 1.165) is 44.4 Å². The first-order chi connectivity index (χ1) is 28.3. The number of hydrogen-bond acceptors (Lipinski definition) is 8. The molecule has 0 aliphatic carbocycles. The molecule has 61 heavy (non-hydrogen) atoms. The van der Waals surface area contributed by atoms with E-state index in [0.29, 0.717) is 47.0 Å². The second-order valence-electron chi connectivity index (χ2n) is 12.9. The van der Waals surface area contributed by atoms with Gasteiger partial charge >= 0.3 is 29.6 Å². The molecular weight excluding hydrogens is 820 g/mol. The van der Waals surface area contributed by atoms with Crippen molar-refractivity contribution in [3.8, 4) is 47.3 Å². The normalized spacial score (nSPS) is 10.5. The predicted octanol–water partition coefficient (Wildman–Crippen LogP) is 5.18. The van der Waals surface area contributed by atoms with Gasteiger partial charge in [-0.05, 0) is 112 Å². The number of fused-ring (bicyclic) bond motifs is 2. The minimum absolute atomic E-state index is 0. The quantitative estimate of drug-likeness (QED) is 0.146. The molecule has 2 aromatic heterocycles. The molecule has 1 N–H and O–H groups in total. The molecule has 312 valence electrons. The van der Waals surface area contributed by atoms with Crippen molar-refractivity contribution >= 4 is 53.2 Å². The molecule has 0 bridgehead atoms. The minimum Gasteiger partial charge on any atom is -1.00 e. The van der Waals surface area contributed by atoms with Gasteiger partial charge in [0.25, 0.3) is 0 Å². The van der Waals surface area contributed by atoms with Crippen LogP contribution in [0.3, 0.4) is 0 Å². The minimum atomic E-state index is -3.31. The Balaban J connectivity index is 0.000000407. The van der Waals surface area contributed by atoms with Crippen LogP contribution >= 0.6 is 0 Å². The van der Waals surface area contributed by atoms with Crippen LogP contribution < -0.4 is 48.1 Å². The molecule has 0 unspecified atom stereocenters. The third-order valence-corrected chi connectivity index (χ3v) is 12.7. The van der Waals surface area contributed by atoms with Gasteiger partial charge in [-0.25, -0.2) is 16.8 Å². The summed E-state index contributed by atoms with van der Waals surface area (Å²) >= 11 is 0. The number of aryl methyl sites for hydroxylation is 2. The molecule has 4 aromatic carbocycles. The summed E-state index contributed by atoms with van der Waals surface area (Å²) in [5, 5.41) is 21.1. The van der Waals surface area contributed by atoms with Crippen LogP contribution in [0.1, 0.15) is 70.2 Å². The fourth-order valence-electron chi connectivity index (χ4n) is 6.30. The second kappa shape index (κ2) is 21.6. The summed E-state index contributed by atoms with van der Waals surface area (Å²) in [6, 6.07) is 29.6. The van der Waals surface area contributed by atoms with Crippen molar-refractivity contribution in [3.05, 3.63) is 119 Å². The topological polar surface area (TPSA) is 159 Å². The summed E-state index contributed by atoms with van der Waals surface area (Å²) in [5.41, 5.74) is 6.69. The number of nitrogens with one attached hydrogen (secondary N) is 1. The summed E-state index contributed by atoms with van der Waals surface area (Å²) in [6.07, 6.45) is 0. The van der Waals surface area contributed by atoms with E-state index in [1.54, 1.807) is 76.6 Å². The first-order valence-corrected chi connectivity index (χ1v) is 22.0. The van der Waals surface area contributed by atoms with Gasteiger partial charge in [0.2, 0.25) is 20.0 Å². The average molecular weight is 869 g/mol. The van der Waals surface area contributed by atoms with E-state index in [1.807, 2.05) is 59.4 Å². The maximum atomic E-state index is 12.0. The molecule has 0 saturated heterocycles. The summed E-state index contributed by atoms with van der Waals surface area (Å²) in [4.78, 5) is 0. The third kappa shape index (κ3) is 11.1. The van der Waals surface area contributed by atoms with Crippen molar-refractivity contribution in [2.24, 2.45) is 0 Å². The van der Waals surface area contributed by atoms with Gasteiger partial charge in [-0.15, -0.1) is 0 Å². The maximum Gasteiger partial charge on any atom is 1.00 e. The average Bonchev–Trinajstić information content (AvgIpc) is 3.74. The van der Waals surface area contributed by atoms with Gasteiger partial charge in [-0.2, -0.15) is 10.5 Å². The zero-order valence-electron chi connectivity index (χ0n) is 35.9. The van der Waals surface area contributed by atoms with Crippen molar-refractivity contribution in [1.29, 1.82) is 10.5 Å². The van der Waals surface area contributed by atoms with Crippen LogP contribution in [-0.4, -0.2) is 58.7 Å². The smallest absolute Gasteiger partial charge is 1.00 e. The zero-order chi connectivity index (χ0) is 42.9. The fraction of sp³-hybridized carbons (Fsp3) is 0.261. The molecule has 0 amide bonds. The molecule has 0 radical (unpaired) electrons. The van der Waals surface area contributed by atoms with Gasteiger partial charge in [0.05, 0.1) is 53.6 Å². The zero-order valence-corrected chi connectivity index (χ0v) is 38.5. The molecule has 0 fully saturated rings. The van der Waals surface area contributed by atoms with Gasteiger partial charge in [0.15, 0.2) is 0 Å². The van der Waals surface area contributed by atoms with Crippen molar-refractivity contribution in [1.82, 2.24) is 9.13 Å². The number of nitrogens with zero attached hydrogens (tertiary/aromatic N) is 5. The van der Waals surface area contributed by atoms with Crippen LogP contribution in [0.2, 0.25) is 0 Å². The second-order valence-corrected chi connectivity index (χ2v) is 17.2. The monoisotopic (exact) mass is 868 g/mol. The van der Waals surface area contributed by atoms with E-state index in [-0.39, 0.29) is 49.9 Å². The number of anilines is 2. The van der Waals surface area contributed by atoms with Crippen LogP contribution in [0.5, 0.6) is 11.5 Å². The van der Waals surface area contributed by atoms with Crippen LogP contribution in [0.25, 0.3) is 21.8 Å². The van der Waals surface area contributed by atoms with E-state index < -0.39 is 20.0 Å². The number of aromatic nitrogens is 2. The van der Waals surface area contributed by atoms with Gasteiger partial charge in [0.1, 0.15) is 35.0 Å². The van der Waals surface area contributed by atoms with Crippen LogP contribution in [-0.2, 0) is 33.1 Å². The predicted molar refractivity (Wildman–Crippen MR) is 241 cm³/mol. The number of sulfonamides is 2. The summed E-state index contributed by atoms with van der Waals surface area (Å²) in [6.45, 7) is 8.52. The van der Waals surface area contributed by atoms with Crippen LogP contribution in [0.4, 0.5) is 11.4 Å². The molecule has 2 heterocycles. The Morgan fingerprint density at radius 3 is 1.44 bits per heavy atom. The largest absolute Gasteiger partial charge is 1.00 e. The Morgan fingerprint density at radius 2 is 1.08 bits per heavy atom. The molecule has 0 spiro atoms. The van der Waals surface area contributed by atoms with Gasteiger partial charge in [0, 0.05) is 59.9 Å². The number of ether oxygens (including phenoxy) is 2. The molecule has 0 aliphatic heterocycles. The Kier molecular flexibility index (Phi) is 17.5. The van der Waals surface area contributed by atoms with E-state index >= 15 is 0 Å². The number of hydrogen-bond donors (Lipinski definition) is 1. The fourth-order valence-corrected chi connectivity index (χ4v) is 7.77. The van der Waals surface area contributed by atoms with Crippen molar-refractivity contribution in [2.75, 3.05) is 41.8 Å². The molecular formula is C46H49N6NaO6S2. The van der Waals surface area contributed by atoms with Crippen molar-refractivity contribution in [2.45, 2.75) is 48.2 Å². The summed E-state index contributed by atoms with van der Waals surface area (Å²) < 4.78 is 65.7. The first-order valence-electron chi connectivity index (χ1n) is 18.7. The molecule has 12 nitrogen and oxygen atoms in total. The van der Waals surface area contributed by atoms with Crippen LogP contribution in [0.15, 0.2) is 84.9 Å². The molecule has 0 saturated carbocycles. The van der Waals surface area contributed by atoms with Crippen molar-refractivity contribution in [3.63, 3.8) is 0 Å². The molecule has 15 heteroatoms. The Bertz CT molecular complexity index is 2970. The number of methoxy groups -OCH3 is 2. The maximum absolute atomic E-state index is 12.0.